The van der Waals surface area contributed by atoms with Crippen molar-refractivity contribution in [2.75, 3.05) is 19.8 Å². The number of nitrogens with one attached hydrogen (secondary N) is 3. The van der Waals surface area contributed by atoms with Crippen LogP contribution in [0.15, 0.2) is 35.3 Å². The number of nitrogens with zero attached hydrogens (tertiary/aromatic N) is 1. The second kappa shape index (κ2) is 15.2. The summed E-state index contributed by atoms with van der Waals surface area (Å²) in [7, 11) is 0. The molecule has 1 rings (SSSR count). The minimum Gasteiger partial charge on any atom is -0.480 e. The Labute approximate surface area is 201 Å². The van der Waals surface area contributed by atoms with E-state index in [4.69, 9.17) is 22.3 Å². The second-order valence-corrected chi connectivity index (χ2v) is 7.63. The summed E-state index contributed by atoms with van der Waals surface area (Å²) in [6.07, 6.45) is 0.586. The van der Waals surface area contributed by atoms with Gasteiger partial charge in [0.05, 0.1) is 19.3 Å². The minimum absolute atomic E-state index is 0.0212. The highest BCUT2D eigenvalue weighted by Gasteiger charge is 2.30. The van der Waals surface area contributed by atoms with Gasteiger partial charge in [-0.25, -0.2) is 4.79 Å². The Morgan fingerprint density at radius 1 is 0.857 bits per heavy atom. The summed E-state index contributed by atoms with van der Waals surface area (Å²) < 4.78 is 0. The van der Waals surface area contributed by atoms with Crippen molar-refractivity contribution in [3.05, 3.63) is 35.9 Å². The number of amides is 3. The van der Waals surface area contributed by atoms with Crippen LogP contribution in [-0.2, 0) is 25.6 Å². The molecule has 14 heteroatoms. The van der Waals surface area contributed by atoms with Gasteiger partial charge >= 0.3 is 5.97 Å². The zero-order valence-electron chi connectivity index (χ0n) is 19.1. The van der Waals surface area contributed by atoms with Gasteiger partial charge < -0.3 is 48.5 Å². The molecule has 1 aromatic carbocycles. The predicted octanol–water partition coefficient (Wildman–Crippen LogP) is -3.87. The Morgan fingerprint density at radius 2 is 1.40 bits per heavy atom. The molecule has 0 heterocycles. The predicted molar refractivity (Wildman–Crippen MR) is 126 cm³/mol. The first-order valence-electron chi connectivity index (χ1n) is 10.8. The van der Waals surface area contributed by atoms with Crippen LogP contribution in [0.2, 0.25) is 0 Å². The van der Waals surface area contributed by atoms with Crippen LogP contribution in [0.3, 0.4) is 0 Å². The molecule has 3 amide bonds. The lowest BCUT2D eigenvalue weighted by atomic mass is 10.0. The van der Waals surface area contributed by atoms with E-state index in [9.17, 15) is 29.4 Å². The monoisotopic (exact) mass is 495 g/mol. The molecule has 4 atom stereocenters. The number of aliphatic carboxylic acids is 1. The van der Waals surface area contributed by atoms with E-state index < -0.39 is 61.1 Å². The van der Waals surface area contributed by atoms with Crippen LogP contribution in [0.1, 0.15) is 18.4 Å². The van der Waals surface area contributed by atoms with E-state index in [1.54, 1.807) is 30.3 Å². The van der Waals surface area contributed by atoms with Crippen molar-refractivity contribution in [3.63, 3.8) is 0 Å². The molecule has 1 aromatic rings. The average molecular weight is 496 g/mol. The van der Waals surface area contributed by atoms with Crippen LogP contribution in [0.4, 0.5) is 0 Å². The smallest absolute Gasteiger partial charge is 0.328 e. The molecule has 0 aliphatic carbocycles. The molecule has 12 N–H and O–H groups in total. The molecule has 0 aliphatic heterocycles. The first kappa shape index (κ1) is 29.3. The summed E-state index contributed by atoms with van der Waals surface area (Å²) in [6, 6.07) is 3.29. The third-order valence-electron chi connectivity index (χ3n) is 4.83. The summed E-state index contributed by atoms with van der Waals surface area (Å²) in [5.74, 6) is -4.02. The SMILES string of the molecule is NC(N)=NCCCC(N)C(=O)NC(CO)C(=O)NC(Cc1ccccc1)C(=O)NC(CO)C(=O)O. The number of rotatable bonds is 15. The lowest BCUT2D eigenvalue weighted by Gasteiger charge is -2.24. The summed E-state index contributed by atoms with van der Waals surface area (Å²) in [5.41, 5.74) is 16.9. The summed E-state index contributed by atoms with van der Waals surface area (Å²) in [4.78, 5) is 52.7. The molecular formula is C21H33N7O7. The second-order valence-electron chi connectivity index (χ2n) is 7.63. The van der Waals surface area contributed by atoms with E-state index in [1.165, 1.54) is 0 Å². The third-order valence-corrected chi connectivity index (χ3v) is 4.83. The average Bonchev–Trinajstić information content (AvgIpc) is 2.82. The highest BCUT2D eigenvalue weighted by atomic mass is 16.4. The number of carboxylic acids is 1. The van der Waals surface area contributed by atoms with Gasteiger partial charge in [-0.3, -0.25) is 19.4 Å². The van der Waals surface area contributed by atoms with Crippen LogP contribution >= 0.6 is 0 Å². The van der Waals surface area contributed by atoms with Crippen LogP contribution in [0.25, 0.3) is 0 Å². The number of aliphatic hydroxyl groups is 2. The van der Waals surface area contributed by atoms with Crippen molar-refractivity contribution in [2.24, 2.45) is 22.2 Å². The molecule has 35 heavy (non-hydrogen) atoms. The third kappa shape index (κ3) is 10.8. The van der Waals surface area contributed by atoms with Crippen molar-refractivity contribution in [1.29, 1.82) is 0 Å². The van der Waals surface area contributed by atoms with Crippen LogP contribution in [-0.4, -0.2) is 88.9 Å². The zero-order chi connectivity index (χ0) is 26.4. The number of aliphatic imine (C=N–C) groups is 1. The topological polar surface area (TPSA) is 255 Å². The number of hydrogen-bond acceptors (Lipinski definition) is 8. The van der Waals surface area contributed by atoms with E-state index in [0.29, 0.717) is 12.0 Å². The molecule has 0 aromatic heterocycles. The minimum atomic E-state index is -1.58. The molecular weight excluding hydrogens is 462 g/mol. The number of carbonyl (C=O) groups is 4. The standard InChI is InChI=1S/C21H33N7O7/c22-13(7-4-8-25-21(23)24)17(31)27-15(10-29)19(33)26-14(9-12-5-2-1-3-6-12)18(32)28-16(11-30)20(34)35/h1-3,5-6,13-16,29-30H,4,7-11,22H2,(H,26,33)(H,27,31)(H,28,32)(H,34,35)(H4,23,24,25). The fourth-order valence-electron chi connectivity index (χ4n) is 2.91. The van der Waals surface area contributed by atoms with Crippen molar-refractivity contribution >= 4 is 29.7 Å². The number of aliphatic hydroxyl groups excluding tert-OH is 2. The Kier molecular flexibility index (Phi) is 12.7. The quantitative estimate of drug-likeness (QED) is 0.0649. The maximum absolute atomic E-state index is 12.7. The molecule has 4 unspecified atom stereocenters. The highest BCUT2D eigenvalue weighted by molar-refractivity contribution is 5.94. The van der Waals surface area contributed by atoms with E-state index in [0.717, 1.165) is 0 Å². The highest BCUT2D eigenvalue weighted by Crippen LogP contribution is 2.05. The van der Waals surface area contributed by atoms with Crippen molar-refractivity contribution < 1.29 is 34.5 Å². The molecule has 0 spiro atoms. The number of benzene rings is 1. The summed E-state index contributed by atoms with van der Waals surface area (Å²) in [6.45, 7) is -1.38. The normalized spacial score (nSPS) is 14.0. The van der Waals surface area contributed by atoms with Crippen molar-refractivity contribution in [1.82, 2.24) is 16.0 Å². The first-order valence-corrected chi connectivity index (χ1v) is 10.8. The van der Waals surface area contributed by atoms with E-state index in [2.05, 4.69) is 20.9 Å². The Balaban J connectivity index is 2.86. The van der Waals surface area contributed by atoms with Gasteiger partial charge in [0.25, 0.3) is 0 Å². The molecule has 0 aliphatic rings. The maximum atomic E-state index is 12.7. The van der Waals surface area contributed by atoms with Gasteiger partial charge in [0, 0.05) is 13.0 Å². The molecule has 0 saturated carbocycles. The number of carbonyl (C=O) groups excluding carboxylic acids is 3. The van der Waals surface area contributed by atoms with Gasteiger partial charge in [-0.15, -0.1) is 0 Å². The van der Waals surface area contributed by atoms with Gasteiger partial charge in [0.15, 0.2) is 5.96 Å². The molecule has 0 saturated heterocycles. The van der Waals surface area contributed by atoms with Crippen molar-refractivity contribution in [2.45, 2.75) is 43.4 Å². The van der Waals surface area contributed by atoms with E-state index in [-0.39, 0.29) is 25.3 Å². The van der Waals surface area contributed by atoms with Gasteiger partial charge in [-0.1, -0.05) is 30.3 Å². The number of carboxylic acid groups (broad SMARTS) is 1. The molecule has 194 valence electrons. The number of nitrogens with two attached hydrogens (primary N) is 3. The summed E-state index contributed by atoms with van der Waals surface area (Å²) in [5, 5.41) is 34.8. The lowest BCUT2D eigenvalue weighted by molar-refractivity contribution is -0.143. The maximum Gasteiger partial charge on any atom is 0.328 e. The van der Waals surface area contributed by atoms with Gasteiger partial charge in [-0.05, 0) is 18.4 Å². The Bertz CT molecular complexity index is 878. The van der Waals surface area contributed by atoms with Crippen LogP contribution in [0, 0.1) is 0 Å². The van der Waals surface area contributed by atoms with Gasteiger partial charge in [0.2, 0.25) is 17.7 Å². The van der Waals surface area contributed by atoms with Crippen LogP contribution in [0.5, 0.6) is 0 Å². The zero-order valence-corrected chi connectivity index (χ0v) is 19.1. The van der Waals surface area contributed by atoms with Crippen LogP contribution < -0.4 is 33.2 Å². The number of guanidine groups is 1. The van der Waals surface area contributed by atoms with Gasteiger partial charge in [0.1, 0.15) is 18.1 Å². The van der Waals surface area contributed by atoms with Gasteiger partial charge in [-0.2, -0.15) is 0 Å². The van der Waals surface area contributed by atoms with E-state index in [1.807, 2.05) is 0 Å². The number of hydrogen-bond donors (Lipinski definition) is 9. The molecule has 0 bridgehead atoms. The first-order chi connectivity index (χ1) is 16.6. The molecule has 14 nitrogen and oxygen atoms in total. The largest absolute Gasteiger partial charge is 0.480 e. The molecule has 0 radical (unpaired) electrons. The lowest BCUT2D eigenvalue weighted by Crippen LogP contribution is -2.58. The molecule has 0 fully saturated rings. The van der Waals surface area contributed by atoms with E-state index >= 15 is 0 Å². The Hall–Kier alpha value is -3.75. The Morgan fingerprint density at radius 3 is 1.94 bits per heavy atom. The fraction of sp³-hybridized carbons (Fsp3) is 0.476. The van der Waals surface area contributed by atoms with Crippen molar-refractivity contribution in [3.8, 4) is 0 Å². The summed E-state index contributed by atoms with van der Waals surface area (Å²) >= 11 is 0. The fourth-order valence-corrected chi connectivity index (χ4v) is 2.91.